The Balaban J connectivity index is 4.52. The Bertz CT molecular complexity index is 358. The van der Waals surface area contributed by atoms with Crippen molar-refractivity contribution in [3.63, 3.8) is 0 Å². The second kappa shape index (κ2) is 5.67. The summed E-state index contributed by atoms with van der Waals surface area (Å²) in [5.74, 6) is -3.80. The molecule has 0 aromatic rings. The average molecular weight is 271 g/mol. The molecule has 18 heavy (non-hydrogen) atoms. The van der Waals surface area contributed by atoms with Crippen LogP contribution in [0.2, 0.25) is 0 Å². The van der Waals surface area contributed by atoms with E-state index in [-0.39, 0.29) is 0 Å². The van der Waals surface area contributed by atoms with Gasteiger partial charge >= 0.3 is 12.1 Å². The Morgan fingerprint density at radius 1 is 1.17 bits per heavy atom. The zero-order valence-electron chi connectivity index (χ0n) is 9.51. The van der Waals surface area contributed by atoms with E-state index in [9.17, 15) is 27.6 Å². The molecule has 104 valence electrons. The number of rotatable bonds is 4. The molecular weight excluding hydrogens is 259 g/mol. The van der Waals surface area contributed by atoms with E-state index in [2.05, 4.69) is 0 Å². The monoisotopic (exact) mass is 271 g/mol. The number of carbonyl (C=O) groups is 3. The van der Waals surface area contributed by atoms with Crippen LogP contribution in [-0.2, 0) is 14.4 Å². The molecule has 4 N–H and O–H groups in total. The minimum atomic E-state index is -5.08. The van der Waals surface area contributed by atoms with E-state index in [1.807, 2.05) is 5.43 Å². The van der Waals surface area contributed by atoms with Crippen molar-refractivity contribution >= 4 is 17.8 Å². The van der Waals surface area contributed by atoms with Crippen LogP contribution >= 0.6 is 0 Å². The number of carbonyl (C=O) groups excluding carboxylic acids is 2. The van der Waals surface area contributed by atoms with Gasteiger partial charge in [-0.3, -0.25) is 25.8 Å². The van der Waals surface area contributed by atoms with Crippen LogP contribution in [0.1, 0.15) is 13.8 Å². The van der Waals surface area contributed by atoms with E-state index in [1.54, 1.807) is 10.7 Å². The van der Waals surface area contributed by atoms with Crippen LogP contribution in [-0.4, -0.2) is 41.2 Å². The molecule has 0 aromatic carbocycles. The molecule has 0 aliphatic carbocycles. The minimum absolute atomic E-state index is 0.390. The first kappa shape index (κ1) is 16.2. The lowest BCUT2D eigenvalue weighted by molar-refractivity contribution is -0.205. The second-order valence-electron chi connectivity index (χ2n) is 3.51. The number of hydrogen-bond donors (Lipinski definition) is 4. The number of aliphatic carboxylic acids is 1. The van der Waals surface area contributed by atoms with Gasteiger partial charge in [0.2, 0.25) is 11.4 Å². The van der Waals surface area contributed by atoms with Crippen molar-refractivity contribution in [1.82, 2.24) is 16.2 Å². The number of carboxylic acids is 1. The van der Waals surface area contributed by atoms with Gasteiger partial charge in [0.15, 0.2) is 0 Å². The Labute approximate surface area is 99.7 Å². The molecule has 0 fully saturated rings. The van der Waals surface area contributed by atoms with E-state index in [0.29, 0.717) is 6.92 Å². The van der Waals surface area contributed by atoms with Crippen molar-refractivity contribution in [2.75, 3.05) is 6.54 Å². The van der Waals surface area contributed by atoms with Crippen LogP contribution in [0.3, 0.4) is 0 Å². The predicted molar refractivity (Wildman–Crippen MR) is 52.1 cm³/mol. The molecule has 0 spiro atoms. The molecule has 0 aromatic heterocycles. The fourth-order valence-corrected chi connectivity index (χ4v) is 0.756. The van der Waals surface area contributed by atoms with Crippen molar-refractivity contribution in [3.8, 4) is 0 Å². The Kier molecular flexibility index (Phi) is 5.09. The third-order valence-corrected chi connectivity index (χ3v) is 1.98. The fourth-order valence-electron chi connectivity index (χ4n) is 0.756. The van der Waals surface area contributed by atoms with Gasteiger partial charge < -0.3 is 5.11 Å². The van der Waals surface area contributed by atoms with Gasteiger partial charge in [-0.15, -0.1) is 0 Å². The van der Waals surface area contributed by atoms with Gasteiger partial charge in [-0.05, 0) is 6.92 Å². The maximum atomic E-state index is 12.5. The number of nitrogens with one attached hydrogen (secondary N) is 3. The molecular formula is C8H12F3N3O4. The molecule has 0 radical (unpaired) electrons. The second-order valence-corrected chi connectivity index (χ2v) is 3.51. The largest absolute Gasteiger partial charge is 0.480 e. The van der Waals surface area contributed by atoms with Crippen LogP contribution in [0, 0.1) is 0 Å². The molecule has 7 nitrogen and oxygen atoms in total. The molecule has 0 aliphatic rings. The van der Waals surface area contributed by atoms with Gasteiger partial charge in [0.1, 0.15) is 0 Å². The molecule has 0 saturated heterocycles. The number of hydrazine groups is 1. The zero-order chi connectivity index (χ0) is 14.6. The van der Waals surface area contributed by atoms with E-state index >= 15 is 0 Å². The first-order valence-electron chi connectivity index (χ1n) is 4.61. The summed E-state index contributed by atoms with van der Waals surface area (Å²) in [6, 6.07) is 0. The SMILES string of the molecule is CC(=O)NNC(=O)CNC(C)(C(=O)O)C(F)(F)F. The van der Waals surface area contributed by atoms with E-state index in [1.165, 1.54) is 0 Å². The van der Waals surface area contributed by atoms with E-state index < -0.39 is 36.0 Å². The number of alkyl halides is 3. The van der Waals surface area contributed by atoms with Gasteiger partial charge in [0.25, 0.3) is 5.91 Å². The van der Waals surface area contributed by atoms with Gasteiger partial charge in [-0.1, -0.05) is 0 Å². The van der Waals surface area contributed by atoms with Crippen molar-refractivity contribution in [3.05, 3.63) is 0 Å². The smallest absolute Gasteiger partial charge is 0.417 e. The lowest BCUT2D eigenvalue weighted by atomic mass is 10.0. The van der Waals surface area contributed by atoms with Crippen LogP contribution in [0.5, 0.6) is 0 Å². The van der Waals surface area contributed by atoms with Crippen LogP contribution in [0.15, 0.2) is 0 Å². The van der Waals surface area contributed by atoms with Gasteiger partial charge in [0, 0.05) is 6.92 Å². The fraction of sp³-hybridized carbons (Fsp3) is 0.625. The summed E-state index contributed by atoms with van der Waals surface area (Å²) in [5.41, 5.74) is 0.377. The maximum Gasteiger partial charge on any atom is 0.417 e. The molecule has 2 amide bonds. The van der Waals surface area contributed by atoms with E-state index in [0.717, 1.165) is 6.92 Å². The average Bonchev–Trinajstić information content (AvgIpc) is 2.20. The van der Waals surface area contributed by atoms with Gasteiger partial charge in [-0.2, -0.15) is 13.2 Å². The molecule has 0 aliphatic heterocycles. The quantitative estimate of drug-likeness (QED) is 0.498. The van der Waals surface area contributed by atoms with Crippen LogP contribution in [0.25, 0.3) is 0 Å². The highest BCUT2D eigenvalue weighted by molar-refractivity contribution is 5.84. The van der Waals surface area contributed by atoms with Crippen molar-refractivity contribution < 1.29 is 32.7 Å². The third kappa shape index (κ3) is 4.20. The molecule has 0 heterocycles. The van der Waals surface area contributed by atoms with Crippen molar-refractivity contribution in [2.24, 2.45) is 0 Å². The molecule has 0 bridgehead atoms. The Hall–Kier alpha value is -1.84. The summed E-state index contributed by atoms with van der Waals surface area (Å²) in [5, 5.41) is 10.1. The minimum Gasteiger partial charge on any atom is -0.480 e. The molecule has 10 heteroatoms. The summed E-state index contributed by atoms with van der Waals surface area (Å²) in [4.78, 5) is 32.0. The number of halogens is 3. The molecule has 1 unspecified atom stereocenters. The van der Waals surface area contributed by atoms with Gasteiger partial charge in [0.05, 0.1) is 6.54 Å². The first-order chi connectivity index (χ1) is 8.00. The van der Waals surface area contributed by atoms with E-state index in [4.69, 9.17) is 5.11 Å². The Morgan fingerprint density at radius 3 is 2.00 bits per heavy atom. The number of amides is 2. The predicted octanol–water partition coefficient (Wildman–Crippen LogP) is -0.851. The first-order valence-corrected chi connectivity index (χ1v) is 4.61. The highest BCUT2D eigenvalue weighted by atomic mass is 19.4. The zero-order valence-corrected chi connectivity index (χ0v) is 9.51. The van der Waals surface area contributed by atoms with Crippen molar-refractivity contribution in [2.45, 2.75) is 25.6 Å². The van der Waals surface area contributed by atoms with Crippen LogP contribution in [0.4, 0.5) is 13.2 Å². The Morgan fingerprint density at radius 2 is 1.67 bits per heavy atom. The standard InChI is InChI=1S/C8H12F3N3O4/c1-4(15)13-14-5(16)3-12-7(2,6(17)18)8(9,10)11/h12H,3H2,1-2H3,(H,13,15)(H,14,16)(H,17,18). The summed E-state index contributed by atoms with van der Waals surface area (Å²) >= 11 is 0. The van der Waals surface area contributed by atoms with Crippen LogP contribution < -0.4 is 16.2 Å². The highest BCUT2D eigenvalue weighted by Crippen LogP contribution is 2.30. The highest BCUT2D eigenvalue weighted by Gasteiger charge is 2.57. The third-order valence-electron chi connectivity index (χ3n) is 1.98. The number of carboxylic acid groups (broad SMARTS) is 1. The molecule has 0 saturated carbocycles. The molecule has 1 atom stereocenters. The lowest BCUT2D eigenvalue weighted by Gasteiger charge is -2.28. The molecule has 0 rings (SSSR count). The van der Waals surface area contributed by atoms with Gasteiger partial charge in [-0.25, -0.2) is 4.79 Å². The summed E-state index contributed by atoms with van der Waals surface area (Å²) < 4.78 is 37.4. The maximum absolute atomic E-state index is 12.5. The normalized spacial score (nSPS) is 14.5. The van der Waals surface area contributed by atoms with Crippen molar-refractivity contribution in [1.29, 1.82) is 0 Å². The lowest BCUT2D eigenvalue weighted by Crippen LogP contribution is -2.62. The summed E-state index contributed by atoms with van der Waals surface area (Å²) in [6.07, 6.45) is -5.08. The topological polar surface area (TPSA) is 108 Å². The summed E-state index contributed by atoms with van der Waals surface area (Å²) in [7, 11) is 0. The summed E-state index contributed by atoms with van der Waals surface area (Å²) in [6.45, 7) is 0.536. The number of hydrogen-bond acceptors (Lipinski definition) is 4.